The number of imidazole rings is 1. The molecule has 0 aliphatic carbocycles. The van der Waals surface area contributed by atoms with Crippen LogP contribution in [0, 0.1) is 0 Å². The lowest BCUT2D eigenvalue weighted by atomic mass is 10.1. The van der Waals surface area contributed by atoms with E-state index in [9.17, 15) is 9.59 Å². The van der Waals surface area contributed by atoms with Gasteiger partial charge in [-0.3, -0.25) is 9.48 Å². The van der Waals surface area contributed by atoms with E-state index >= 15 is 0 Å². The van der Waals surface area contributed by atoms with Crippen molar-refractivity contribution in [2.75, 3.05) is 5.32 Å². The van der Waals surface area contributed by atoms with E-state index in [0.717, 1.165) is 49.3 Å². The highest BCUT2D eigenvalue weighted by atomic mass is 16.5. The van der Waals surface area contributed by atoms with Crippen molar-refractivity contribution < 1.29 is 14.3 Å². The van der Waals surface area contributed by atoms with Crippen LogP contribution in [0.1, 0.15) is 45.8 Å². The molecule has 0 unspecified atom stereocenters. The molecule has 0 bridgehead atoms. The number of hydrogen-bond acceptors (Lipinski definition) is 5. The van der Waals surface area contributed by atoms with Gasteiger partial charge >= 0.3 is 5.97 Å². The Morgan fingerprint density at radius 3 is 2.53 bits per heavy atom. The van der Waals surface area contributed by atoms with Crippen LogP contribution in [0.3, 0.4) is 0 Å². The molecule has 4 aromatic rings. The first kappa shape index (κ1) is 21.6. The number of nitrogens with one attached hydrogen (secondary N) is 1. The molecule has 5 rings (SSSR count). The molecule has 34 heavy (non-hydrogen) atoms. The summed E-state index contributed by atoms with van der Waals surface area (Å²) < 4.78 is 9.39. The fourth-order valence-electron chi connectivity index (χ4n) is 4.19. The third-order valence-corrected chi connectivity index (χ3v) is 5.88. The average Bonchev–Trinajstić information content (AvgIpc) is 3.36. The zero-order valence-corrected chi connectivity index (χ0v) is 18.9. The largest absolute Gasteiger partial charge is 0.422 e. The molecule has 0 atom stereocenters. The molecule has 3 heterocycles. The second-order valence-electron chi connectivity index (χ2n) is 8.33. The summed E-state index contributed by atoms with van der Waals surface area (Å²) in [6, 6.07) is 16.6. The van der Waals surface area contributed by atoms with Crippen LogP contribution in [0.2, 0.25) is 0 Å². The quantitative estimate of drug-likeness (QED) is 0.354. The predicted octanol–water partition coefficient (Wildman–Crippen LogP) is 4.48. The molecule has 0 saturated carbocycles. The number of carbonyl (C=O) groups is 2. The first-order valence-electron chi connectivity index (χ1n) is 11.4. The molecular formula is C26H25N5O3. The second kappa shape index (κ2) is 9.35. The van der Waals surface area contributed by atoms with Gasteiger partial charge in [0.2, 0.25) is 0 Å². The molecule has 0 fully saturated rings. The van der Waals surface area contributed by atoms with Crippen LogP contribution >= 0.6 is 0 Å². The Kier molecular flexibility index (Phi) is 5.95. The molecule has 172 valence electrons. The maximum atomic E-state index is 13.1. The summed E-state index contributed by atoms with van der Waals surface area (Å²) in [5.74, 6) is 0.464. The molecule has 0 saturated heterocycles. The molecular weight excluding hydrogens is 430 g/mol. The Bertz CT molecular complexity index is 1320. The van der Waals surface area contributed by atoms with Crippen LogP contribution in [0.5, 0.6) is 5.75 Å². The average molecular weight is 456 g/mol. The van der Waals surface area contributed by atoms with Crippen LogP contribution in [0.15, 0.2) is 67.0 Å². The molecule has 1 N–H and O–H groups in total. The number of carbonyl (C=O) groups excluding carboxylic acids is 2. The molecule has 1 amide bonds. The summed E-state index contributed by atoms with van der Waals surface area (Å²) in [5, 5.41) is 6.81. The summed E-state index contributed by atoms with van der Waals surface area (Å²) in [7, 11) is 1.75. The van der Waals surface area contributed by atoms with Gasteiger partial charge in [0.1, 0.15) is 11.6 Å². The van der Waals surface area contributed by atoms with Crippen molar-refractivity contribution in [2.45, 2.75) is 32.2 Å². The molecule has 1 aliphatic heterocycles. The maximum absolute atomic E-state index is 13.1. The van der Waals surface area contributed by atoms with Gasteiger partial charge < -0.3 is 14.6 Å². The first-order valence-corrected chi connectivity index (χ1v) is 11.4. The van der Waals surface area contributed by atoms with E-state index in [0.29, 0.717) is 22.7 Å². The van der Waals surface area contributed by atoms with Crippen LogP contribution in [-0.4, -0.2) is 31.2 Å². The number of aromatic nitrogens is 4. The zero-order chi connectivity index (χ0) is 23.5. The SMILES string of the molecule is Cn1cc(C(=O)Nc2ccc(OC(=O)c3nc(-c4ccccc4)n4c3CCCCC4)cc2)cn1. The number of fused-ring (bicyclic) bond motifs is 1. The number of aryl methyl sites for hydroxylation is 1. The smallest absolute Gasteiger partial charge is 0.364 e. The molecule has 2 aromatic carbocycles. The van der Waals surface area contributed by atoms with E-state index in [1.807, 2.05) is 30.3 Å². The summed E-state index contributed by atoms with van der Waals surface area (Å²) in [6.45, 7) is 0.838. The van der Waals surface area contributed by atoms with Crippen molar-refractivity contribution in [3.05, 3.63) is 83.9 Å². The summed E-state index contributed by atoms with van der Waals surface area (Å²) in [5.41, 5.74) is 3.35. The summed E-state index contributed by atoms with van der Waals surface area (Å²) in [6.07, 6.45) is 7.14. The van der Waals surface area contributed by atoms with E-state index in [-0.39, 0.29) is 5.91 Å². The minimum absolute atomic E-state index is 0.257. The van der Waals surface area contributed by atoms with Gasteiger partial charge in [0.05, 0.1) is 17.5 Å². The Morgan fingerprint density at radius 1 is 1.00 bits per heavy atom. The van der Waals surface area contributed by atoms with Crippen LogP contribution in [0.4, 0.5) is 5.69 Å². The predicted molar refractivity (Wildman–Crippen MR) is 128 cm³/mol. The van der Waals surface area contributed by atoms with Gasteiger partial charge in [-0.15, -0.1) is 0 Å². The number of esters is 1. The highest BCUT2D eigenvalue weighted by Gasteiger charge is 2.25. The summed E-state index contributed by atoms with van der Waals surface area (Å²) in [4.78, 5) is 30.1. The zero-order valence-electron chi connectivity index (χ0n) is 18.9. The number of ether oxygens (including phenoxy) is 1. The third kappa shape index (κ3) is 4.47. The lowest BCUT2D eigenvalue weighted by Gasteiger charge is -2.09. The van der Waals surface area contributed by atoms with Crippen molar-refractivity contribution in [1.82, 2.24) is 19.3 Å². The first-order chi connectivity index (χ1) is 16.6. The standard InChI is InChI=1S/C26H25N5O3/c1-30-17-19(16-27-30)25(32)28-20-11-13-21(14-12-20)34-26(33)23-22-10-6-3-7-15-31(22)24(29-23)18-8-4-2-5-9-18/h2,4-5,8-9,11-14,16-17H,3,6-7,10,15H2,1H3,(H,28,32). The van der Waals surface area contributed by atoms with E-state index in [1.54, 1.807) is 42.2 Å². The van der Waals surface area contributed by atoms with Gasteiger partial charge in [-0.2, -0.15) is 5.10 Å². The molecule has 8 heteroatoms. The van der Waals surface area contributed by atoms with Crippen LogP contribution < -0.4 is 10.1 Å². The van der Waals surface area contributed by atoms with Crippen molar-refractivity contribution in [3.8, 4) is 17.1 Å². The fraction of sp³-hybridized carbons (Fsp3) is 0.231. The van der Waals surface area contributed by atoms with Gasteiger partial charge in [-0.1, -0.05) is 36.8 Å². The fourth-order valence-corrected chi connectivity index (χ4v) is 4.19. The minimum atomic E-state index is -0.472. The lowest BCUT2D eigenvalue weighted by Crippen LogP contribution is -2.13. The number of benzene rings is 2. The lowest BCUT2D eigenvalue weighted by molar-refractivity contribution is 0.0727. The van der Waals surface area contributed by atoms with E-state index in [1.165, 1.54) is 6.20 Å². The normalized spacial score (nSPS) is 13.1. The van der Waals surface area contributed by atoms with E-state index in [2.05, 4.69) is 15.0 Å². The molecule has 0 radical (unpaired) electrons. The van der Waals surface area contributed by atoms with Gasteiger partial charge in [-0.25, -0.2) is 9.78 Å². The topological polar surface area (TPSA) is 91.0 Å². The Morgan fingerprint density at radius 2 is 1.79 bits per heavy atom. The van der Waals surface area contributed by atoms with Gasteiger partial charge in [0.15, 0.2) is 5.69 Å². The summed E-state index contributed by atoms with van der Waals surface area (Å²) >= 11 is 0. The van der Waals surface area contributed by atoms with Crippen LogP contribution in [-0.2, 0) is 20.0 Å². The molecule has 2 aromatic heterocycles. The number of anilines is 1. The molecule has 1 aliphatic rings. The second-order valence-corrected chi connectivity index (χ2v) is 8.33. The molecule has 0 spiro atoms. The van der Waals surface area contributed by atoms with Gasteiger partial charge in [0.25, 0.3) is 5.91 Å². The highest BCUT2D eigenvalue weighted by molar-refractivity contribution is 6.04. The minimum Gasteiger partial charge on any atom is -0.422 e. The van der Waals surface area contributed by atoms with Crippen LogP contribution in [0.25, 0.3) is 11.4 Å². The number of hydrogen-bond donors (Lipinski definition) is 1. The Balaban J connectivity index is 1.34. The maximum Gasteiger partial charge on any atom is 0.364 e. The van der Waals surface area contributed by atoms with Crippen molar-refractivity contribution >= 4 is 17.6 Å². The Labute approximate surface area is 197 Å². The van der Waals surface area contributed by atoms with Gasteiger partial charge in [0, 0.05) is 31.0 Å². The number of nitrogens with zero attached hydrogens (tertiary/aromatic N) is 4. The number of rotatable bonds is 5. The van der Waals surface area contributed by atoms with Gasteiger partial charge in [-0.05, 0) is 43.5 Å². The Hall–Kier alpha value is -4.20. The molecule has 8 nitrogen and oxygen atoms in total. The van der Waals surface area contributed by atoms with E-state index in [4.69, 9.17) is 9.72 Å². The highest BCUT2D eigenvalue weighted by Crippen LogP contribution is 2.28. The monoisotopic (exact) mass is 455 g/mol. The third-order valence-electron chi connectivity index (χ3n) is 5.88. The van der Waals surface area contributed by atoms with Crippen molar-refractivity contribution in [2.24, 2.45) is 7.05 Å². The van der Waals surface area contributed by atoms with Crippen molar-refractivity contribution in [1.29, 1.82) is 0 Å². The van der Waals surface area contributed by atoms with Crippen molar-refractivity contribution in [3.63, 3.8) is 0 Å². The number of amides is 1. The van der Waals surface area contributed by atoms with E-state index < -0.39 is 5.97 Å².